The van der Waals surface area contributed by atoms with Crippen molar-refractivity contribution in [3.05, 3.63) is 48.2 Å². The van der Waals surface area contributed by atoms with Crippen molar-refractivity contribution in [2.45, 2.75) is 33.2 Å². The molecule has 1 N–H and O–H groups in total. The van der Waals surface area contributed by atoms with Crippen LogP contribution in [0, 0.1) is 5.41 Å². The van der Waals surface area contributed by atoms with E-state index in [0.29, 0.717) is 37.8 Å². The molecule has 0 aliphatic carbocycles. The first-order chi connectivity index (χ1) is 12.9. The number of nitrogens with one attached hydrogen (secondary N) is 1. The second-order valence-corrected chi connectivity index (χ2v) is 7.94. The number of rotatable bonds is 5. The number of carbonyl (C=O) groups excluding carboxylic acids is 1. The van der Waals surface area contributed by atoms with E-state index >= 15 is 0 Å². The minimum Gasteiger partial charge on any atom is -0.378 e. The minimum atomic E-state index is -0.108. The van der Waals surface area contributed by atoms with Crippen LogP contribution in [0.1, 0.15) is 49.3 Å². The fraction of sp³-hybridized carbons (Fsp3) is 0.500. The number of ether oxygens (including phenoxy) is 1. The van der Waals surface area contributed by atoms with Gasteiger partial charge in [-0.25, -0.2) is 4.98 Å². The molecule has 1 aliphatic rings. The van der Waals surface area contributed by atoms with Crippen molar-refractivity contribution < 1.29 is 9.53 Å². The van der Waals surface area contributed by atoms with Gasteiger partial charge in [0.1, 0.15) is 11.5 Å². The lowest BCUT2D eigenvalue weighted by molar-refractivity contribution is 0.0299. The second-order valence-electron chi connectivity index (χ2n) is 7.94. The lowest BCUT2D eigenvalue weighted by atomic mass is 9.86. The van der Waals surface area contributed by atoms with E-state index in [2.05, 4.69) is 41.0 Å². The Balaban J connectivity index is 1.79. The quantitative estimate of drug-likeness (QED) is 0.873. The number of carbonyl (C=O) groups is 1. The van der Waals surface area contributed by atoms with Gasteiger partial charge in [0.25, 0.3) is 5.91 Å². The van der Waals surface area contributed by atoms with Gasteiger partial charge in [-0.2, -0.15) is 0 Å². The average Bonchev–Trinajstić information content (AvgIpc) is 2.67. The first-order valence-electron chi connectivity index (χ1n) is 9.28. The van der Waals surface area contributed by atoms with Crippen molar-refractivity contribution in [3.8, 4) is 0 Å². The van der Waals surface area contributed by atoms with Crippen LogP contribution in [-0.4, -0.2) is 52.1 Å². The molecular formula is C20H27N5O2. The largest absolute Gasteiger partial charge is 0.378 e. The minimum absolute atomic E-state index is 0.0294. The number of pyridine rings is 1. The molecule has 144 valence electrons. The molecule has 1 saturated heterocycles. The second kappa shape index (κ2) is 8.43. The number of aromatic nitrogens is 3. The summed E-state index contributed by atoms with van der Waals surface area (Å²) >= 11 is 0. The van der Waals surface area contributed by atoms with Crippen LogP contribution in [0.3, 0.4) is 0 Å². The summed E-state index contributed by atoms with van der Waals surface area (Å²) in [6.45, 7) is 8.88. The summed E-state index contributed by atoms with van der Waals surface area (Å²) in [4.78, 5) is 27.4. The van der Waals surface area contributed by atoms with Gasteiger partial charge < -0.3 is 15.0 Å². The SMILES string of the molecule is CC(C)(C)CC(Nc1cncc(C(=O)N2CCOCC2)n1)c1cccnc1. The highest BCUT2D eigenvalue weighted by Gasteiger charge is 2.23. The van der Waals surface area contributed by atoms with Crippen LogP contribution >= 0.6 is 0 Å². The van der Waals surface area contributed by atoms with E-state index in [1.54, 1.807) is 17.3 Å². The molecule has 0 saturated carbocycles. The Labute approximate surface area is 160 Å². The first-order valence-corrected chi connectivity index (χ1v) is 9.28. The van der Waals surface area contributed by atoms with Crippen LogP contribution in [0.15, 0.2) is 36.9 Å². The molecule has 7 heteroatoms. The smallest absolute Gasteiger partial charge is 0.274 e. The molecular weight excluding hydrogens is 342 g/mol. The predicted molar refractivity (Wildman–Crippen MR) is 103 cm³/mol. The Kier molecular flexibility index (Phi) is 6.01. The van der Waals surface area contributed by atoms with Gasteiger partial charge >= 0.3 is 0 Å². The highest BCUT2D eigenvalue weighted by atomic mass is 16.5. The lowest BCUT2D eigenvalue weighted by Gasteiger charge is -2.28. The number of nitrogens with zero attached hydrogens (tertiary/aromatic N) is 4. The topological polar surface area (TPSA) is 80.2 Å². The number of hydrogen-bond acceptors (Lipinski definition) is 6. The number of amides is 1. The molecule has 1 atom stereocenters. The van der Waals surface area contributed by atoms with Crippen molar-refractivity contribution in [2.75, 3.05) is 31.6 Å². The fourth-order valence-electron chi connectivity index (χ4n) is 3.09. The van der Waals surface area contributed by atoms with E-state index in [4.69, 9.17) is 4.74 Å². The van der Waals surface area contributed by atoms with Crippen LogP contribution < -0.4 is 5.32 Å². The van der Waals surface area contributed by atoms with Crippen LogP contribution in [0.4, 0.5) is 5.82 Å². The van der Waals surface area contributed by atoms with Crippen molar-refractivity contribution in [1.82, 2.24) is 19.9 Å². The average molecular weight is 369 g/mol. The third-order valence-electron chi connectivity index (χ3n) is 4.38. The summed E-state index contributed by atoms with van der Waals surface area (Å²) in [7, 11) is 0. The summed E-state index contributed by atoms with van der Waals surface area (Å²) in [6, 6.07) is 4.00. The molecule has 3 rings (SSSR count). The molecule has 1 unspecified atom stereocenters. The van der Waals surface area contributed by atoms with Crippen molar-refractivity contribution in [2.24, 2.45) is 5.41 Å². The molecule has 7 nitrogen and oxygen atoms in total. The highest BCUT2D eigenvalue weighted by Crippen LogP contribution is 2.31. The van der Waals surface area contributed by atoms with E-state index in [1.165, 1.54) is 6.20 Å². The summed E-state index contributed by atoms with van der Waals surface area (Å²) in [6.07, 6.45) is 7.69. The maximum Gasteiger partial charge on any atom is 0.274 e. The lowest BCUT2D eigenvalue weighted by Crippen LogP contribution is -2.41. The molecule has 0 bridgehead atoms. The van der Waals surface area contributed by atoms with Gasteiger partial charge in [-0.15, -0.1) is 0 Å². The van der Waals surface area contributed by atoms with Gasteiger partial charge in [0.15, 0.2) is 0 Å². The van der Waals surface area contributed by atoms with Gasteiger partial charge in [-0.1, -0.05) is 26.8 Å². The van der Waals surface area contributed by atoms with E-state index < -0.39 is 0 Å². The molecule has 3 heterocycles. The molecule has 1 amide bonds. The number of anilines is 1. The summed E-state index contributed by atoms with van der Waals surface area (Å²) in [5.41, 5.74) is 1.55. The van der Waals surface area contributed by atoms with Gasteiger partial charge in [-0.3, -0.25) is 14.8 Å². The Hall–Kier alpha value is -2.54. The molecule has 2 aromatic heterocycles. The van der Waals surface area contributed by atoms with Crippen LogP contribution in [0.2, 0.25) is 0 Å². The Morgan fingerprint density at radius 2 is 2.00 bits per heavy atom. The highest BCUT2D eigenvalue weighted by molar-refractivity contribution is 5.92. The van der Waals surface area contributed by atoms with Crippen molar-refractivity contribution >= 4 is 11.7 Å². The molecule has 2 aromatic rings. The van der Waals surface area contributed by atoms with Crippen LogP contribution in [0.25, 0.3) is 0 Å². The Morgan fingerprint density at radius 1 is 1.22 bits per heavy atom. The summed E-state index contributed by atoms with van der Waals surface area (Å²) in [5, 5.41) is 3.44. The molecule has 1 aliphatic heterocycles. The van der Waals surface area contributed by atoms with Crippen LogP contribution in [0.5, 0.6) is 0 Å². The van der Waals surface area contributed by atoms with Gasteiger partial charge in [0.05, 0.1) is 31.6 Å². The monoisotopic (exact) mass is 369 g/mol. The standard InChI is InChI=1S/C20H27N5O2/c1-20(2,3)11-16(15-5-4-6-21-12-15)23-18-14-22-13-17(24-18)19(26)25-7-9-27-10-8-25/h4-6,12-14,16H,7-11H2,1-3H3,(H,23,24). The maximum atomic E-state index is 12.7. The first kappa shape index (κ1) is 19.2. The molecule has 0 spiro atoms. The predicted octanol–water partition coefficient (Wildman–Crippen LogP) is 2.93. The van der Waals surface area contributed by atoms with Crippen LogP contribution in [-0.2, 0) is 4.74 Å². The zero-order chi connectivity index (χ0) is 19.3. The number of hydrogen-bond donors (Lipinski definition) is 1. The Morgan fingerprint density at radius 3 is 2.67 bits per heavy atom. The van der Waals surface area contributed by atoms with E-state index in [1.807, 2.05) is 18.3 Å². The Bertz CT molecular complexity index is 754. The van der Waals surface area contributed by atoms with Crippen molar-refractivity contribution in [1.29, 1.82) is 0 Å². The summed E-state index contributed by atoms with van der Waals surface area (Å²) in [5.74, 6) is 0.482. The third-order valence-corrected chi connectivity index (χ3v) is 4.38. The van der Waals surface area contributed by atoms with Gasteiger partial charge in [0, 0.05) is 25.5 Å². The molecule has 0 radical (unpaired) electrons. The summed E-state index contributed by atoms with van der Waals surface area (Å²) < 4.78 is 5.31. The molecule has 1 fully saturated rings. The molecule has 0 aromatic carbocycles. The van der Waals surface area contributed by atoms with Crippen molar-refractivity contribution in [3.63, 3.8) is 0 Å². The van der Waals surface area contributed by atoms with Gasteiger partial charge in [-0.05, 0) is 23.5 Å². The van der Waals surface area contributed by atoms with E-state index in [0.717, 1.165) is 12.0 Å². The molecule has 27 heavy (non-hydrogen) atoms. The third kappa shape index (κ3) is 5.47. The zero-order valence-corrected chi connectivity index (χ0v) is 16.2. The van der Waals surface area contributed by atoms with E-state index in [-0.39, 0.29) is 17.4 Å². The van der Waals surface area contributed by atoms with Gasteiger partial charge in [0.2, 0.25) is 0 Å². The maximum absolute atomic E-state index is 12.7. The zero-order valence-electron chi connectivity index (χ0n) is 16.2. The number of morpholine rings is 1. The van der Waals surface area contributed by atoms with E-state index in [9.17, 15) is 4.79 Å². The fourth-order valence-corrected chi connectivity index (χ4v) is 3.09. The normalized spacial score (nSPS) is 16.0.